The number of rotatable bonds is 6. The first-order chi connectivity index (χ1) is 13.5. The summed E-state index contributed by atoms with van der Waals surface area (Å²) in [5.74, 6) is -4.02. The second kappa shape index (κ2) is 8.32. The van der Waals surface area contributed by atoms with Crippen molar-refractivity contribution in [2.75, 3.05) is 7.11 Å². The van der Waals surface area contributed by atoms with Crippen LogP contribution in [0.3, 0.4) is 0 Å². The van der Waals surface area contributed by atoms with Crippen molar-refractivity contribution in [3.05, 3.63) is 45.8 Å². The topological polar surface area (TPSA) is 52.6 Å². The van der Waals surface area contributed by atoms with Crippen LogP contribution in [0, 0.1) is 47.0 Å². The SMILES string of the molecule is C#Cc1c(F)c(F)c(COC(=O)[C@@H]2[C@@H](/C=C(\C)C(=O)OC)C2(C)C)c(CC)c1F. The molecule has 0 aromatic heterocycles. The summed E-state index contributed by atoms with van der Waals surface area (Å²) >= 11 is 0. The molecule has 0 aliphatic heterocycles. The molecule has 4 nitrogen and oxygen atoms in total. The number of halogens is 3. The number of terminal acetylenes is 1. The molecule has 29 heavy (non-hydrogen) atoms. The van der Waals surface area contributed by atoms with Gasteiger partial charge in [0.05, 0.1) is 18.6 Å². The Bertz CT molecular complexity index is 925. The molecule has 1 aromatic carbocycles. The number of allylic oxidation sites excluding steroid dienone is 1. The summed E-state index contributed by atoms with van der Waals surface area (Å²) in [4.78, 5) is 24.1. The van der Waals surface area contributed by atoms with E-state index in [0.717, 1.165) is 0 Å². The van der Waals surface area contributed by atoms with Crippen LogP contribution in [0.2, 0.25) is 0 Å². The molecule has 2 rings (SSSR count). The molecule has 0 radical (unpaired) electrons. The lowest BCUT2D eigenvalue weighted by Crippen LogP contribution is -2.14. The summed E-state index contributed by atoms with van der Waals surface area (Å²) in [7, 11) is 1.26. The molecule has 0 N–H and O–H groups in total. The average molecular weight is 408 g/mol. The quantitative estimate of drug-likeness (QED) is 0.308. The van der Waals surface area contributed by atoms with Crippen molar-refractivity contribution < 1.29 is 32.2 Å². The zero-order valence-corrected chi connectivity index (χ0v) is 17.0. The van der Waals surface area contributed by atoms with Crippen LogP contribution in [0.1, 0.15) is 44.4 Å². The number of ether oxygens (including phenoxy) is 2. The fourth-order valence-corrected chi connectivity index (χ4v) is 3.57. The van der Waals surface area contributed by atoms with Crippen LogP contribution >= 0.6 is 0 Å². The molecule has 1 aliphatic carbocycles. The Hall–Kier alpha value is -2.75. The molecule has 0 heterocycles. The normalized spacial score (nSPS) is 20.0. The highest BCUT2D eigenvalue weighted by Crippen LogP contribution is 2.60. The minimum atomic E-state index is -1.48. The van der Waals surface area contributed by atoms with E-state index in [1.807, 2.05) is 13.8 Å². The third kappa shape index (κ3) is 4.02. The van der Waals surface area contributed by atoms with Gasteiger partial charge < -0.3 is 9.47 Å². The van der Waals surface area contributed by atoms with Gasteiger partial charge in [0.15, 0.2) is 11.6 Å². The van der Waals surface area contributed by atoms with Crippen LogP contribution in [0.5, 0.6) is 0 Å². The van der Waals surface area contributed by atoms with Gasteiger partial charge in [-0.2, -0.15) is 0 Å². The van der Waals surface area contributed by atoms with Gasteiger partial charge in [0.2, 0.25) is 0 Å². The van der Waals surface area contributed by atoms with E-state index >= 15 is 0 Å². The first kappa shape index (κ1) is 22.5. The van der Waals surface area contributed by atoms with Gasteiger partial charge in [-0.1, -0.05) is 32.8 Å². The number of hydrogen-bond acceptors (Lipinski definition) is 4. The summed E-state index contributed by atoms with van der Waals surface area (Å²) in [6, 6.07) is 0. The molecule has 1 aromatic rings. The fraction of sp³-hybridized carbons (Fsp3) is 0.455. The van der Waals surface area contributed by atoms with Crippen molar-refractivity contribution in [3.8, 4) is 12.3 Å². The molecule has 1 fully saturated rings. The minimum Gasteiger partial charge on any atom is -0.466 e. The van der Waals surface area contributed by atoms with Crippen LogP contribution in [-0.4, -0.2) is 19.0 Å². The summed E-state index contributed by atoms with van der Waals surface area (Å²) in [5.41, 5.74) is -1.40. The third-order valence-corrected chi connectivity index (χ3v) is 5.48. The zero-order chi connectivity index (χ0) is 22.1. The molecule has 0 bridgehead atoms. The molecule has 0 unspecified atom stereocenters. The van der Waals surface area contributed by atoms with E-state index in [-0.39, 0.29) is 23.5 Å². The molecule has 1 aliphatic rings. The summed E-state index contributed by atoms with van der Waals surface area (Å²) in [5, 5.41) is 0. The first-order valence-electron chi connectivity index (χ1n) is 9.10. The first-order valence-corrected chi connectivity index (χ1v) is 9.10. The van der Waals surface area contributed by atoms with Gasteiger partial charge >= 0.3 is 11.9 Å². The standard InChI is InChI=1S/C22H23F3O4/c1-7-12-14(19(25)18(24)13(8-2)17(12)23)10-29-21(27)16-15(22(16,4)5)9-11(3)20(26)28-6/h2,9,15-16H,7,10H2,1,3-6H3/b11-9+/t15-,16+/m1/s1. The van der Waals surface area contributed by atoms with Crippen LogP contribution in [0.4, 0.5) is 13.2 Å². The van der Waals surface area contributed by atoms with Crippen LogP contribution in [0.25, 0.3) is 0 Å². The lowest BCUT2D eigenvalue weighted by atomic mass is 10.00. The lowest BCUT2D eigenvalue weighted by Gasteiger charge is -2.14. The fourth-order valence-electron chi connectivity index (χ4n) is 3.57. The van der Waals surface area contributed by atoms with E-state index in [2.05, 4.69) is 4.74 Å². The Labute approximate surface area is 168 Å². The Morgan fingerprint density at radius 2 is 1.79 bits per heavy atom. The highest BCUT2D eigenvalue weighted by molar-refractivity contribution is 5.88. The second-order valence-electron chi connectivity index (χ2n) is 7.55. The third-order valence-electron chi connectivity index (χ3n) is 5.48. The smallest absolute Gasteiger partial charge is 0.333 e. The number of esters is 2. The number of methoxy groups -OCH3 is 1. The number of benzene rings is 1. The van der Waals surface area contributed by atoms with E-state index < -0.39 is 52.9 Å². The van der Waals surface area contributed by atoms with Crippen molar-refractivity contribution in [2.24, 2.45) is 17.3 Å². The van der Waals surface area contributed by atoms with Crippen molar-refractivity contribution in [1.29, 1.82) is 0 Å². The van der Waals surface area contributed by atoms with Gasteiger partial charge in [-0.3, -0.25) is 4.79 Å². The van der Waals surface area contributed by atoms with Crippen LogP contribution in [-0.2, 0) is 32.1 Å². The zero-order valence-electron chi connectivity index (χ0n) is 17.0. The Morgan fingerprint density at radius 1 is 1.17 bits per heavy atom. The predicted molar refractivity (Wildman–Crippen MR) is 100.0 cm³/mol. The average Bonchev–Trinajstić information content (AvgIpc) is 3.22. The van der Waals surface area contributed by atoms with Crippen molar-refractivity contribution in [1.82, 2.24) is 0 Å². The van der Waals surface area contributed by atoms with E-state index in [1.165, 1.54) is 7.11 Å². The molecular formula is C22H23F3O4. The number of hydrogen-bond donors (Lipinski definition) is 0. The molecule has 0 amide bonds. The second-order valence-corrected chi connectivity index (χ2v) is 7.55. The monoisotopic (exact) mass is 408 g/mol. The van der Waals surface area contributed by atoms with E-state index in [9.17, 15) is 22.8 Å². The van der Waals surface area contributed by atoms with Gasteiger partial charge in [-0.05, 0) is 30.2 Å². The van der Waals surface area contributed by atoms with E-state index in [4.69, 9.17) is 11.2 Å². The molecule has 0 spiro atoms. The maximum atomic E-state index is 14.4. The molecule has 156 valence electrons. The van der Waals surface area contributed by atoms with Gasteiger partial charge in [-0.15, -0.1) is 6.42 Å². The Morgan fingerprint density at radius 3 is 2.31 bits per heavy atom. The van der Waals surface area contributed by atoms with Gasteiger partial charge in [0.25, 0.3) is 0 Å². The Balaban J connectivity index is 2.22. The number of carbonyl (C=O) groups is 2. The van der Waals surface area contributed by atoms with Crippen molar-refractivity contribution >= 4 is 11.9 Å². The summed E-state index contributed by atoms with van der Waals surface area (Å²) < 4.78 is 52.6. The highest BCUT2D eigenvalue weighted by atomic mass is 19.2. The van der Waals surface area contributed by atoms with Gasteiger partial charge in [-0.25, -0.2) is 18.0 Å². The summed E-state index contributed by atoms with van der Waals surface area (Å²) in [6.45, 7) is 6.16. The van der Waals surface area contributed by atoms with Crippen LogP contribution < -0.4 is 0 Å². The molecule has 2 atom stereocenters. The number of carbonyl (C=O) groups excluding carboxylic acids is 2. The Kier molecular flexibility index (Phi) is 6.46. The van der Waals surface area contributed by atoms with Crippen LogP contribution in [0.15, 0.2) is 11.6 Å². The van der Waals surface area contributed by atoms with Crippen molar-refractivity contribution in [3.63, 3.8) is 0 Å². The molecule has 1 saturated carbocycles. The van der Waals surface area contributed by atoms with Gasteiger partial charge in [0, 0.05) is 11.1 Å². The lowest BCUT2D eigenvalue weighted by molar-refractivity contribution is -0.147. The minimum absolute atomic E-state index is 0.0448. The molecule has 7 heteroatoms. The molecular weight excluding hydrogens is 385 g/mol. The highest BCUT2D eigenvalue weighted by Gasteiger charge is 2.61. The van der Waals surface area contributed by atoms with E-state index in [0.29, 0.717) is 5.57 Å². The summed E-state index contributed by atoms with van der Waals surface area (Å²) in [6.07, 6.45) is 6.74. The maximum Gasteiger partial charge on any atom is 0.333 e. The van der Waals surface area contributed by atoms with Crippen molar-refractivity contribution in [2.45, 2.75) is 40.7 Å². The largest absolute Gasteiger partial charge is 0.466 e. The predicted octanol–water partition coefficient (Wildman–Crippen LogP) is 4.08. The maximum absolute atomic E-state index is 14.4. The van der Waals surface area contributed by atoms with Gasteiger partial charge in [0.1, 0.15) is 12.4 Å². The molecule has 0 saturated heterocycles. The van der Waals surface area contributed by atoms with E-state index in [1.54, 1.807) is 25.8 Å².